The Hall–Kier alpha value is -3.10. The van der Waals surface area contributed by atoms with Gasteiger partial charge in [0.2, 0.25) is 5.95 Å². The fourth-order valence-corrected chi connectivity index (χ4v) is 2.49. The molecule has 0 radical (unpaired) electrons. The quantitative estimate of drug-likeness (QED) is 0.822. The van der Waals surface area contributed by atoms with Gasteiger partial charge in [-0.1, -0.05) is 6.07 Å². The number of hydrogen-bond donors (Lipinski definition) is 1. The number of carbonyl (C=O) groups excluding carboxylic acids is 2. The summed E-state index contributed by atoms with van der Waals surface area (Å²) < 4.78 is 27.1. The zero-order valence-electron chi connectivity index (χ0n) is 13.2. The number of piperazine rings is 1. The van der Waals surface area contributed by atoms with Crippen molar-refractivity contribution in [3.05, 3.63) is 48.3 Å². The maximum Gasteiger partial charge on any atom is 0.314 e. The van der Waals surface area contributed by atoms with Gasteiger partial charge in [0, 0.05) is 38.6 Å². The summed E-state index contributed by atoms with van der Waals surface area (Å²) in [6.07, 6.45) is 3.24. The Morgan fingerprint density at radius 1 is 0.960 bits per heavy atom. The second kappa shape index (κ2) is 7.20. The fourth-order valence-electron chi connectivity index (χ4n) is 2.49. The van der Waals surface area contributed by atoms with Gasteiger partial charge in [0.15, 0.2) is 0 Å². The molecule has 9 heteroatoms. The molecule has 25 heavy (non-hydrogen) atoms. The van der Waals surface area contributed by atoms with E-state index in [0.717, 1.165) is 12.1 Å². The van der Waals surface area contributed by atoms with Crippen molar-refractivity contribution in [2.45, 2.75) is 0 Å². The highest BCUT2D eigenvalue weighted by molar-refractivity contribution is 6.39. The van der Waals surface area contributed by atoms with E-state index in [2.05, 4.69) is 9.97 Å². The van der Waals surface area contributed by atoms with E-state index in [-0.39, 0.29) is 13.1 Å². The molecule has 1 aromatic heterocycles. The maximum atomic E-state index is 13.6. The van der Waals surface area contributed by atoms with Gasteiger partial charge in [-0.2, -0.15) is 0 Å². The van der Waals surface area contributed by atoms with Gasteiger partial charge in [-0.3, -0.25) is 9.59 Å². The second-order valence-electron chi connectivity index (χ2n) is 5.38. The third kappa shape index (κ3) is 3.70. The molecule has 1 fully saturated rings. The van der Waals surface area contributed by atoms with Crippen LogP contribution in [0.3, 0.4) is 0 Å². The largest absolute Gasteiger partial charge is 0.337 e. The summed E-state index contributed by atoms with van der Waals surface area (Å²) in [5, 5.41) is 2.00. The minimum absolute atomic E-state index is 0.282. The van der Waals surface area contributed by atoms with Gasteiger partial charge < -0.3 is 15.1 Å². The van der Waals surface area contributed by atoms with Crippen LogP contribution in [0.15, 0.2) is 36.7 Å². The van der Waals surface area contributed by atoms with Crippen LogP contribution in [0.1, 0.15) is 0 Å². The van der Waals surface area contributed by atoms with E-state index in [4.69, 9.17) is 0 Å². The van der Waals surface area contributed by atoms with Crippen molar-refractivity contribution in [1.82, 2.24) is 14.9 Å². The molecule has 0 unspecified atom stereocenters. The summed E-state index contributed by atoms with van der Waals surface area (Å²) >= 11 is 0. The number of amides is 2. The molecule has 2 heterocycles. The van der Waals surface area contributed by atoms with Crippen LogP contribution >= 0.6 is 0 Å². The summed E-state index contributed by atoms with van der Waals surface area (Å²) in [6, 6.07) is 4.88. The summed E-state index contributed by atoms with van der Waals surface area (Å²) in [5.41, 5.74) is -0.628. The van der Waals surface area contributed by atoms with Gasteiger partial charge >= 0.3 is 11.8 Å². The number of benzene rings is 1. The molecule has 130 valence electrons. The number of para-hydroxylation sites is 1. The molecule has 0 bridgehead atoms. The number of nitrogens with one attached hydrogen (secondary N) is 1. The molecule has 1 N–H and O–H groups in total. The Kier molecular flexibility index (Phi) is 4.82. The standard InChI is InChI=1S/C16H15F2N5O2/c17-11-3-1-4-12(18)13(11)21-14(24)15(25)22-7-9-23(10-8-22)16-19-5-2-6-20-16/h1-6H,7-10H2,(H,21,24). The van der Waals surface area contributed by atoms with E-state index in [9.17, 15) is 18.4 Å². The van der Waals surface area contributed by atoms with E-state index in [1.54, 1.807) is 18.5 Å². The van der Waals surface area contributed by atoms with Crippen molar-refractivity contribution >= 4 is 23.5 Å². The first-order valence-corrected chi connectivity index (χ1v) is 7.62. The molecule has 2 amide bonds. The predicted octanol–water partition coefficient (Wildman–Crippen LogP) is 1.04. The molecule has 1 saturated heterocycles. The van der Waals surface area contributed by atoms with Gasteiger partial charge in [0.05, 0.1) is 0 Å². The molecule has 0 aliphatic carbocycles. The van der Waals surface area contributed by atoms with Gasteiger partial charge in [0.1, 0.15) is 17.3 Å². The molecule has 7 nitrogen and oxygen atoms in total. The van der Waals surface area contributed by atoms with Crippen molar-refractivity contribution in [3.63, 3.8) is 0 Å². The van der Waals surface area contributed by atoms with E-state index in [1.165, 1.54) is 11.0 Å². The third-order valence-corrected chi connectivity index (χ3v) is 3.80. The lowest BCUT2D eigenvalue weighted by Gasteiger charge is -2.34. The summed E-state index contributed by atoms with van der Waals surface area (Å²) in [7, 11) is 0. The number of nitrogens with zero attached hydrogens (tertiary/aromatic N) is 4. The second-order valence-corrected chi connectivity index (χ2v) is 5.38. The van der Waals surface area contributed by atoms with Crippen molar-refractivity contribution in [1.29, 1.82) is 0 Å². The molecule has 1 aromatic carbocycles. The molecule has 0 spiro atoms. The highest BCUT2D eigenvalue weighted by Gasteiger charge is 2.27. The average molecular weight is 347 g/mol. The van der Waals surface area contributed by atoms with Gasteiger partial charge in [-0.05, 0) is 18.2 Å². The molecule has 2 aromatic rings. The normalized spacial score (nSPS) is 14.3. The lowest BCUT2D eigenvalue weighted by molar-refractivity contribution is -0.143. The molecule has 3 rings (SSSR count). The van der Waals surface area contributed by atoms with Crippen molar-refractivity contribution in [2.75, 3.05) is 36.4 Å². The number of hydrogen-bond acceptors (Lipinski definition) is 5. The minimum atomic E-state index is -1.08. The Morgan fingerprint density at radius 2 is 1.56 bits per heavy atom. The topological polar surface area (TPSA) is 78.4 Å². The Labute approximate surface area is 142 Å². The number of carbonyl (C=O) groups is 2. The predicted molar refractivity (Wildman–Crippen MR) is 85.8 cm³/mol. The average Bonchev–Trinajstić information content (AvgIpc) is 2.65. The number of aromatic nitrogens is 2. The summed E-state index contributed by atoms with van der Waals surface area (Å²) in [4.78, 5) is 35.7. The molecule has 0 saturated carbocycles. The molecular weight excluding hydrogens is 332 g/mol. The smallest absolute Gasteiger partial charge is 0.314 e. The van der Waals surface area contributed by atoms with E-state index < -0.39 is 29.1 Å². The van der Waals surface area contributed by atoms with E-state index >= 15 is 0 Å². The fraction of sp³-hybridized carbons (Fsp3) is 0.250. The minimum Gasteiger partial charge on any atom is -0.337 e. The molecule has 1 aliphatic rings. The highest BCUT2D eigenvalue weighted by Crippen LogP contribution is 2.18. The molecular formula is C16H15F2N5O2. The highest BCUT2D eigenvalue weighted by atomic mass is 19.1. The van der Waals surface area contributed by atoms with Gasteiger partial charge in [-0.25, -0.2) is 18.7 Å². The van der Waals surface area contributed by atoms with Crippen LogP contribution in [0, 0.1) is 11.6 Å². The van der Waals surface area contributed by atoms with Crippen molar-refractivity contribution < 1.29 is 18.4 Å². The molecule has 1 aliphatic heterocycles. The van der Waals surface area contributed by atoms with Crippen LogP contribution in [-0.4, -0.2) is 52.9 Å². The van der Waals surface area contributed by atoms with Crippen molar-refractivity contribution in [3.8, 4) is 0 Å². The van der Waals surface area contributed by atoms with Crippen molar-refractivity contribution in [2.24, 2.45) is 0 Å². The zero-order chi connectivity index (χ0) is 17.8. The first kappa shape index (κ1) is 16.7. The summed E-state index contributed by atoms with van der Waals surface area (Å²) in [6.45, 7) is 1.47. The number of halogens is 2. The Morgan fingerprint density at radius 3 is 2.16 bits per heavy atom. The van der Waals surface area contributed by atoms with Gasteiger partial charge in [-0.15, -0.1) is 0 Å². The number of anilines is 2. The van der Waals surface area contributed by atoms with Crippen LogP contribution in [0.2, 0.25) is 0 Å². The zero-order valence-corrected chi connectivity index (χ0v) is 13.2. The number of rotatable bonds is 2. The lowest BCUT2D eigenvalue weighted by Crippen LogP contribution is -2.52. The third-order valence-electron chi connectivity index (χ3n) is 3.80. The summed E-state index contributed by atoms with van der Waals surface area (Å²) in [5.74, 6) is -3.24. The first-order chi connectivity index (χ1) is 12.1. The maximum absolute atomic E-state index is 13.6. The first-order valence-electron chi connectivity index (χ1n) is 7.62. The van der Waals surface area contributed by atoms with Crippen LogP contribution in [-0.2, 0) is 9.59 Å². The molecule has 0 atom stereocenters. The Bertz CT molecular complexity index is 759. The SMILES string of the molecule is O=C(Nc1c(F)cccc1F)C(=O)N1CCN(c2ncccn2)CC1. The van der Waals surface area contributed by atoms with E-state index in [0.29, 0.717) is 19.0 Å². The van der Waals surface area contributed by atoms with Crippen LogP contribution in [0.25, 0.3) is 0 Å². The monoisotopic (exact) mass is 347 g/mol. The Balaban J connectivity index is 1.60. The van der Waals surface area contributed by atoms with E-state index in [1.807, 2.05) is 10.2 Å². The van der Waals surface area contributed by atoms with Crippen LogP contribution in [0.4, 0.5) is 20.4 Å². The van der Waals surface area contributed by atoms with Crippen LogP contribution in [0.5, 0.6) is 0 Å². The lowest BCUT2D eigenvalue weighted by atomic mass is 10.2. The van der Waals surface area contributed by atoms with Crippen LogP contribution < -0.4 is 10.2 Å². The van der Waals surface area contributed by atoms with Gasteiger partial charge in [0.25, 0.3) is 0 Å².